The molecule has 2 aromatic carbocycles. The van der Waals surface area contributed by atoms with Crippen LogP contribution < -0.4 is 19.1 Å². The molecule has 2 aliphatic carbocycles. The quantitative estimate of drug-likeness (QED) is 0.311. The lowest BCUT2D eigenvalue weighted by molar-refractivity contribution is -0.102. The first-order valence-corrected chi connectivity index (χ1v) is 21.2. The summed E-state index contributed by atoms with van der Waals surface area (Å²) in [6, 6.07) is 11.7. The van der Waals surface area contributed by atoms with E-state index in [2.05, 4.69) is 31.2 Å². The van der Waals surface area contributed by atoms with Gasteiger partial charge in [-0.25, -0.2) is 4.21 Å². The number of benzene rings is 2. The van der Waals surface area contributed by atoms with Crippen LogP contribution in [0.5, 0.6) is 11.6 Å². The maximum atomic E-state index is 14.8. The summed E-state index contributed by atoms with van der Waals surface area (Å²) in [7, 11) is -0.476. The van der Waals surface area contributed by atoms with Gasteiger partial charge in [-0.1, -0.05) is 24.6 Å². The van der Waals surface area contributed by atoms with Crippen LogP contribution >= 0.6 is 11.6 Å². The van der Waals surface area contributed by atoms with Gasteiger partial charge in [-0.2, -0.15) is 0 Å². The number of fused-ring (bicyclic) bond motifs is 6. The van der Waals surface area contributed by atoms with Crippen molar-refractivity contribution in [1.82, 2.24) is 14.5 Å². The summed E-state index contributed by atoms with van der Waals surface area (Å²) in [5, 5.41) is 4.93. The van der Waals surface area contributed by atoms with E-state index in [0.29, 0.717) is 29.9 Å². The highest BCUT2D eigenvalue weighted by Crippen LogP contribution is 2.48. The molecule has 7 atom stereocenters. The van der Waals surface area contributed by atoms with Crippen LogP contribution in [-0.4, -0.2) is 71.1 Å². The van der Waals surface area contributed by atoms with Crippen molar-refractivity contribution in [3.05, 3.63) is 69.9 Å². The van der Waals surface area contributed by atoms with Crippen molar-refractivity contribution in [3.8, 4) is 11.6 Å². The zero-order valence-corrected chi connectivity index (χ0v) is 32.4. The minimum Gasteiger partial charge on any atom is -0.490 e. The molecular weight excluding hydrogens is 714 g/mol. The highest BCUT2D eigenvalue weighted by molar-refractivity contribution is 7.92. The molecule has 1 aromatic heterocycles. The van der Waals surface area contributed by atoms with E-state index in [-0.39, 0.29) is 34.6 Å². The Morgan fingerprint density at radius 3 is 2.75 bits per heavy atom. The topological polar surface area (TPSA) is 124 Å². The number of methoxy groups -OCH3 is 1. The third-order valence-electron chi connectivity index (χ3n) is 12.4. The van der Waals surface area contributed by atoms with E-state index in [4.69, 9.17) is 25.8 Å². The van der Waals surface area contributed by atoms with Gasteiger partial charge in [0.25, 0.3) is 11.8 Å². The molecule has 1 unspecified atom stereocenters. The molecule has 2 amide bonds. The lowest BCUT2D eigenvalue weighted by atomic mass is 9.65. The Bertz CT molecular complexity index is 2030. The number of anilines is 1. The highest BCUT2D eigenvalue weighted by atomic mass is 35.5. The zero-order valence-electron chi connectivity index (χ0n) is 30.9. The van der Waals surface area contributed by atoms with Gasteiger partial charge in [0.1, 0.15) is 21.2 Å². The summed E-state index contributed by atoms with van der Waals surface area (Å²) in [6.45, 7) is 4.88. The van der Waals surface area contributed by atoms with Crippen molar-refractivity contribution >= 4 is 39.0 Å². The number of carbonyl (C=O) groups is 2. The zero-order chi connectivity index (χ0) is 36.9. The van der Waals surface area contributed by atoms with Crippen molar-refractivity contribution in [2.24, 2.45) is 35.1 Å². The number of aryl methyl sites for hydroxylation is 2. The van der Waals surface area contributed by atoms with Gasteiger partial charge in [0.2, 0.25) is 5.88 Å². The minimum atomic E-state index is -3.57. The Morgan fingerprint density at radius 1 is 1.09 bits per heavy atom. The average Bonchev–Trinajstić information content (AvgIpc) is 3.44. The summed E-state index contributed by atoms with van der Waals surface area (Å²) < 4.78 is 41.8. The maximum Gasteiger partial charge on any atom is 0.286 e. The number of nitrogens with one attached hydrogen (secondary N) is 1. The number of nitrogens with zero attached hydrogens (tertiary/aromatic N) is 4. The summed E-state index contributed by atoms with van der Waals surface area (Å²) in [5.74, 6) is 0.757. The number of halogens is 1. The van der Waals surface area contributed by atoms with Gasteiger partial charge in [-0.15, -0.1) is 9.46 Å². The molecule has 2 bridgehead atoms. The number of rotatable bonds is 3. The summed E-state index contributed by atoms with van der Waals surface area (Å²) in [5.41, 5.74) is 3.57. The minimum absolute atomic E-state index is 0.0312. The van der Waals surface area contributed by atoms with Crippen molar-refractivity contribution < 1.29 is 28.0 Å². The van der Waals surface area contributed by atoms with Crippen LogP contribution in [0.25, 0.3) is 0 Å². The fourth-order valence-corrected chi connectivity index (χ4v) is 11.8. The first-order valence-electron chi connectivity index (χ1n) is 19.1. The molecule has 5 aliphatic rings. The number of hydrogen-bond donors (Lipinski definition) is 1. The first kappa shape index (κ1) is 36.4. The molecule has 1 spiro atoms. The molecule has 1 saturated heterocycles. The Kier molecular flexibility index (Phi) is 9.99. The lowest BCUT2D eigenvalue weighted by Gasteiger charge is -2.49. The van der Waals surface area contributed by atoms with E-state index in [1.165, 1.54) is 29.1 Å². The van der Waals surface area contributed by atoms with Gasteiger partial charge < -0.3 is 19.1 Å². The molecule has 3 aromatic rings. The monoisotopic (exact) mass is 763 g/mol. The second-order valence-electron chi connectivity index (χ2n) is 16.1. The van der Waals surface area contributed by atoms with Gasteiger partial charge in [0.15, 0.2) is 0 Å². The summed E-state index contributed by atoms with van der Waals surface area (Å²) in [4.78, 5) is 30.2. The third kappa shape index (κ3) is 7.18. The number of aromatic nitrogens is 2. The van der Waals surface area contributed by atoms with Gasteiger partial charge in [-0.3, -0.25) is 19.0 Å². The molecular formula is C40H50ClN5O6S. The molecule has 3 aliphatic heterocycles. The number of carbonyl (C=O) groups excluding carboxylic acids is 2. The van der Waals surface area contributed by atoms with Crippen LogP contribution in [0.1, 0.15) is 90.1 Å². The highest BCUT2D eigenvalue weighted by Gasteiger charge is 2.46. The molecule has 53 heavy (non-hydrogen) atoms. The van der Waals surface area contributed by atoms with Crippen molar-refractivity contribution in [3.63, 3.8) is 0 Å². The first-order chi connectivity index (χ1) is 25.5. The number of amides is 2. The Hall–Kier alpha value is -3.61. The molecule has 11 nitrogen and oxygen atoms in total. The Morgan fingerprint density at radius 2 is 1.94 bits per heavy atom. The fourth-order valence-electron chi connectivity index (χ4n) is 9.66. The number of ether oxygens (including phenoxy) is 3. The molecule has 1 saturated carbocycles. The van der Waals surface area contributed by atoms with Gasteiger partial charge in [-0.05, 0) is 123 Å². The standard InChI is InChI=1S/C40H50ClN5O6S/c1-25-8-9-26-7-5-17-51-36(26)31-13-10-29(31)20-46-23-40(16-4-6-27-18-30(41)12-14-33(27)40)24-52-35-15-11-28(19-34(35)46)37(47)43-53(49,22-25)44-38(48)32-21-45(2)42-39(32)50-3/h11-12,14-15,18-19,21,25-26,29,31,36H,4-10,13,16-17,20,22-24H2,1-3H3,(H,43,44,47,48,49)/t25-,26+,29-,31+,36-,40-,53?/m0/s1. The lowest BCUT2D eigenvalue weighted by Crippen LogP contribution is -2.51. The van der Waals surface area contributed by atoms with E-state index in [1.54, 1.807) is 13.1 Å². The molecule has 4 heterocycles. The van der Waals surface area contributed by atoms with E-state index in [9.17, 15) is 13.8 Å². The van der Waals surface area contributed by atoms with E-state index in [0.717, 1.165) is 93.9 Å². The van der Waals surface area contributed by atoms with Crippen LogP contribution in [0.2, 0.25) is 5.02 Å². The maximum absolute atomic E-state index is 14.8. The molecule has 13 heteroatoms. The molecule has 1 N–H and O–H groups in total. The van der Waals surface area contributed by atoms with Crippen molar-refractivity contribution in [1.29, 1.82) is 0 Å². The molecule has 2 fully saturated rings. The predicted octanol–water partition coefficient (Wildman–Crippen LogP) is 6.76. The van der Waals surface area contributed by atoms with Gasteiger partial charge >= 0.3 is 0 Å². The summed E-state index contributed by atoms with van der Waals surface area (Å²) >= 11 is 6.49. The summed E-state index contributed by atoms with van der Waals surface area (Å²) in [6.07, 6.45) is 10.8. The van der Waals surface area contributed by atoms with E-state index in [1.807, 2.05) is 25.1 Å². The second-order valence-corrected chi connectivity index (χ2v) is 18.5. The fraction of sp³-hybridized carbons (Fsp3) is 0.575. The van der Waals surface area contributed by atoms with Crippen LogP contribution in [0.3, 0.4) is 0 Å². The van der Waals surface area contributed by atoms with Crippen LogP contribution in [0, 0.1) is 23.7 Å². The average molecular weight is 764 g/mol. The largest absolute Gasteiger partial charge is 0.490 e. The molecule has 284 valence electrons. The smallest absolute Gasteiger partial charge is 0.286 e. The molecule has 8 rings (SSSR count). The van der Waals surface area contributed by atoms with E-state index >= 15 is 0 Å². The molecule has 0 radical (unpaired) electrons. The van der Waals surface area contributed by atoms with Crippen LogP contribution in [0.15, 0.2) is 47.0 Å². The Labute approximate surface area is 317 Å². The third-order valence-corrected chi connectivity index (χ3v) is 14.6. The number of hydrogen-bond acceptors (Lipinski definition) is 8. The Balaban J connectivity index is 1.20. The van der Waals surface area contributed by atoms with Crippen molar-refractivity contribution in [2.45, 2.75) is 76.2 Å². The normalized spacial score (nSPS) is 31.4. The van der Waals surface area contributed by atoms with Gasteiger partial charge in [0, 0.05) is 48.9 Å². The van der Waals surface area contributed by atoms with Gasteiger partial charge in [0.05, 0.1) is 31.3 Å². The van der Waals surface area contributed by atoms with Crippen LogP contribution in [0.4, 0.5) is 5.69 Å². The SMILES string of the molecule is COc1nn(C)cc1C(=O)NS1(=O)=NC(=O)c2ccc3c(c2)N(C[C@@H]2CC[C@H]2[C@H]2OCCC[C@@H]2CC[C@H](C)C1)C[C@@]1(CCCc2cc(Cl)ccc21)CO3. The van der Waals surface area contributed by atoms with Crippen molar-refractivity contribution in [2.75, 3.05) is 44.1 Å². The predicted molar refractivity (Wildman–Crippen MR) is 204 cm³/mol. The van der Waals surface area contributed by atoms with Crippen LogP contribution in [-0.2, 0) is 33.5 Å². The van der Waals surface area contributed by atoms with E-state index < -0.39 is 21.7 Å². The second kappa shape index (κ2) is 14.6.